The zero-order valence-electron chi connectivity index (χ0n) is 56.9. The fourth-order valence-corrected chi connectivity index (χ4v) is 15.6. The van der Waals surface area contributed by atoms with Crippen LogP contribution in [0.25, 0.3) is 212 Å². The summed E-state index contributed by atoms with van der Waals surface area (Å²) in [5.74, 6) is 3.59. The quantitative estimate of drug-likeness (QED) is 0.119. The van der Waals surface area contributed by atoms with Crippen LogP contribution < -0.4 is 0 Å². The fraction of sp³-hybridized carbons (Fsp3) is 0. The van der Waals surface area contributed by atoms with E-state index in [4.69, 9.17) is 38.7 Å². The molecule has 6 heterocycles. The first-order valence-electron chi connectivity index (χ1n) is 35.5. The normalized spacial score (nSPS) is 11.8. The average Bonchev–Trinajstić information content (AvgIpc) is 1.60. The molecule has 0 aliphatic rings. The average molecular weight is 1360 g/mol. The van der Waals surface area contributed by atoms with Gasteiger partial charge in [0.2, 0.25) is 0 Å². The van der Waals surface area contributed by atoms with E-state index in [-0.39, 0.29) is 0 Å². The molecule has 0 fully saturated rings. The Hall–Kier alpha value is -14.5. The lowest BCUT2D eigenvalue weighted by Gasteiger charge is -2.12. The van der Waals surface area contributed by atoms with Gasteiger partial charge < -0.3 is 18.0 Å². The third-order valence-electron chi connectivity index (χ3n) is 20.6. The molecule has 10 nitrogen and oxygen atoms in total. The van der Waals surface area contributed by atoms with Crippen molar-refractivity contribution in [2.45, 2.75) is 0 Å². The number of rotatable bonds is 12. The molecule has 21 aromatic rings. The molecule has 0 saturated heterocycles. The number of hydrogen-bond donors (Lipinski definition) is 0. The van der Waals surface area contributed by atoms with E-state index in [1.807, 2.05) is 91.0 Å². The summed E-state index contributed by atoms with van der Waals surface area (Å²) in [5.41, 5.74) is 23.6. The minimum absolute atomic E-state index is 0.568. The zero-order chi connectivity index (χ0) is 69.8. The second kappa shape index (κ2) is 24.7. The van der Waals surface area contributed by atoms with E-state index in [1.54, 1.807) is 0 Å². The number of furan rings is 2. The molecule has 0 radical (unpaired) electrons. The highest BCUT2D eigenvalue weighted by Crippen LogP contribution is 2.46. The van der Waals surface area contributed by atoms with Crippen LogP contribution in [0.4, 0.5) is 0 Å². The van der Waals surface area contributed by atoms with Gasteiger partial charge in [-0.15, -0.1) is 0 Å². The third kappa shape index (κ3) is 10.2. The van der Waals surface area contributed by atoms with Crippen LogP contribution >= 0.6 is 0 Å². The predicted octanol–water partition coefficient (Wildman–Crippen LogP) is 24.7. The van der Waals surface area contributed by atoms with Gasteiger partial charge >= 0.3 is 0 Å². The molecule has 0 bridgehead atoms. The summed E-state index contributed by atoms with van der Waals surface area (Å²) in [7, 11) is 0. The van der Waals surface area contributed by atoms with Crippen molar-refractivity contribution in [1.82, 2.24) is 39.0 Å². The zero-order valence-corrected chi connectivity index (χ0v) is 56.9. The lowest BCUT2D eigenvalue weighted by atomic mass is 9.94. The summed E-state index contributed by atoms with van der Waals surface area (Å²) in [6.07, 6.45) is 0. The SMILES string of the molecule is c1ccc(-c2nc(-c3ccccc3)nc(-c3ccc(-n4c5ccccc5c5cc(-c6cccc7c6oc6c(-c8ccccc8)cc(-c8cccc(-c9nc(-c%10ccccc%10)nc(-c%10ccc(-n%11c%12ccccc%12c%12cc(-c%13cccc%14c%13oc%13ccccc%13%14)ccc%12%11)cc%10)n9)c8)cc67)ccc54)cc3)n2)cc1. The van der Waals surface area contributed by atoms with Gasteiger partial charge in [-0.3, -0.25) is 0 Å². The maximum Gasteiger partial charge on any atom is 0.164 e. The smallest absolute Gasteiger partial charge is 0.164 e. The molecule has 0 aliphatic heterocycles. The lowest BCUT2D eigenvalue weighted by Crippen LogP contribution is -2.00. The van der Waals surface area contributed by atoms with E-state index in [9.17, 15) is 0 Å². The van der Waals surface area contributed by atoms with Crippen LogP contribution in [0.15, 0.2) is 361 Å². The molecule has 494 valence electrons. The third-order valence-corrected chi connectivity index (χ3v) is 20.6. The van der Waals surface area contributed by atoms with E-state index in [2.05, 4.69) is 270 Å². The molecule has 15 aromatic carbocycles. The highest BCUT2D eigenvalue weighted by atomic mass is 16.3. The van der Waals surface area contributed by atoms with Crippen molar-refractivity contribution < 1.29 is 8.83 Å². The molecule has 0 aliphatic carbocycles. The number of benzene rings is 15. The Morgan fingerprint density at radius 2 is 0.519 bits per heavy atom. The van der Waals surface area contributed by atoms with E-state index in [0.717, 1.165) is 171 Å². The first-order valence-corrected chi connectivity index (χ1v) is 35.5. The van der Waals surface area contributed by atoms with Crippen LogP contribution in [0.2, 0.25) is 0 Å². The Morgan fingerprint density at radius 1 is 0.179 bits per heavy atom. The van der Waals surface area contributed by atoms with Crippen LogP contribution in [0, 0.1) is 0 Å². The fourth-order valence-electron chi connectivity index (χ4n) is 15.6. The Bertz CT molecular complexity index is 6990. The van der Waals surface area contributed by atoms with Crippen molar-refractivity contribution in [3.63, 3.8) is 0 Å². The largest absolute Gasteiger partial charge is 0.455 e. The molecule has 10 heteroatoms. The highest BCUT2D eigenvalue weighted by molar-refractivity contribution is 6.17. The number of fused-ring (bicyclic) bond motifs is 12. The summed E-state index contributed by atoms with van der Waals surface area (Å²) >= 11 is 0. The second-order valence-electron chi connectivity index (χ2n) is 26.9. The molecule has 0 unspecified atom stereocenters. The van der Waals surface area contributed by atoms with Gasteiger partial charge in [0.05, 0.1) is 22.1 Å². The van der Waals surface area contributed by atoms with Gasteiger partial charge in [0.25, 0.3) is 0 Å². The Balaban J connectivity index is 0.631. The van der Waals surface area contributed by atoms with Gasteiger partial charge in [0.1, 0.15) is 22.3 Å². The number of hydrogen-bond acceptors (Lipinski definition) is 8. The van der Waals surface area contributed by atoms with E-state index >= 15 is 0 Å². The second-order valence-corrected chi connectivity index (χ2v) is 26.9. The Labute approximate surface area is 607 Å². The molecule has 6 aromatic heterocycles. The summed E-state index contributed by atoms with van der Waals surface area (Å²) in [5, 5.41) is 8.88. The lowest BCUT2D eigenvalue weighted by molar-refractivity contribution is 0.670. The van der Waals surface area contributed by atoms with Gasteiger partial charge in [0, 0.05) is 105 Å². The van der Waals surface area contributed by atoms with Crippen molar-refractivity contribution >= 4 is 87.5 Å². The van der Waals surface area contributed by atoms with E-state index in [1.165, 1.54) is 5.39 Å². The molecule has 0 saturated carbocycles. The predicted molar refractivity (Wildman–Crippen MR) is 431 cm³/mol. The summed E-state index contributed by atoms with van der Waals surface area (Å²) in [4.78, 5) is 30.7. The molecule has 0 spiro atoms. The number of para-hydroxylation sites is 5. The molecular formula is C96H58N8O2. The van der Waals surface area contributed by atoms with Crippen molar-refractivity contribution in [3.05, 3.63) is 352 Å². The Kier molecular flexibility index (Phi) is 14.0. The van der Waals surface area contributed by atoms with Gasteiger partial charge in [0.15, 0.2) is 34.9 Å². The summed E-state index contributed by atoms with van der Waals surface area (Å²) in [6, 6.07) is 123. The van der Waals surface area contributed by atoms with Gasteiger partial charge in [-0.2, -0.15) is 0 Å². The maximum atomic E-state index is 7.26. The van der Waals surface area contributed by atoms with Crippen LogP contribution in [0.1, 0.15) is 0 Å². The number of nitrogens with zero attached hydrogens (tertiary/aromatic N) is 8. The molecule has 21 rings (SSSR count). The van der Waals surface area contributed by atoms with Crippen molar-refractivity contribution in [3.8, 4) is 124 Å². The van der Waals surface area contributed by atoms with Crippen LogP contribution in [0.5, 0.6) is 0 Å². The molecular weight excluding hydrogens is 1300 g/mol. The van der Waals surface area contributed by atoms with Gasteiger partial charge in [-0.05, 0) is 137 Å². The summed E-state index contributed by atoms with van der Waals surface area (Å²) in [6.45, 7) is 0. The Morgan fingerprint density at radius 3 is 1.02 bits per heavy atom. The minimum Gasteiger partial charge on any atom is -0.455 e. The topological polar surface area (TPSA) is 113 Å². The van der Waals surface area contributed by atoms with E-state index in [0.29, 0.717) is 34.9 Å². The van der Waals surface area contributed by atoms with Crippen LogP contribution in [-0.4, -0.2) is 39.0 Å². The standard InChI is InChI=1S/C96H58N8O2/c1-5-22-59(23-6-1)79-57-69(58-82-78-38-21-36-73(89(78)106-90(79)82)67-47-53-86-81(56-67)75-33-14-17-40-84(75)104(86)70-48-42-63(43-49-70)94-98-91(60-24-7-2-8-25-60)97-92(99-94)61-26-9-3-10-27-61)65-30-19-31-68(54-65)96-101-93(62-28-11-4-12-29-62)100-95(102-96)64-44-50-71(51-45-64)103-83-39-16-13-32-74(83)80-55-66(46-52-85(80)103)72-35-20-37-77-76-34-15-18-41-87(76)105-88(72)77/h1-58H. The summed E-state index contributed by atoms with van der Waals surface area (Å²) < 4.78 is 18.5. The van der Waals surface area contributed by atoms with Crippen LogP contribution in [0.3, 0.4) is 0 Å². The monoisotopic (exact) mass is 1350 g/mol. The number of aromatic nitrogens is 8. The first kappa shape index (κ1) is 60.3. The van der Waals surface area contributed by atoms with Crippen molar-refractivity contribution in [2.24, 2.45) is 0 Å². The van der Waals surface area contributed by atoms with Crippen LogP contribution in [-0.2, 0) is 0 Å². The van der Waals surface area contributed by atoms with E-state index < -0.39 is 0 Å². The van der Waals surface area contributed by atoms with Crippen molar-refractivity contribution in [1.29, 1.82) is 0 Å². The molecule has 106 heavy (non-hydrogen) atoms. The molecule has 0 atom stereocenters. The highest BCUT2D eigenvalue weighted by Gasteiger charge is 2.24. The van der Waals surface area contributed by atoms with Gasteiger partial charge in [-0.1, -0.05) is 243 Å². The molecule has 0 amide bonds. The first-order chi connectivity index (χ1) is 52.5. The van der Waals surface area contributed by atoms with Gasteiger partial charge in [-0.25, -0.2) is 29.9 Å². The minimum atomic E-state index is 0.568. The maximum absolute atomic E-state index is 7.26. The molecule has 0 N–H and O–H groups in total. The van der Waals surface area contributed by atoms with Crippen molar-refractivity contribution in [2.75, 3.05) is 0 Å².